The first-order chi connectivity index (χ1) is 6.88. The number of hydrogen-bond donors (Lipinski definition) is 2. The number of nitriles is 1. The Bertz CT molecular complexity index is 355. The lowest BCUT2D eigenvalue weighted by Gasteiger charge is -2.11. The first kappa shape index (κ1) is 11.8. The summed E-state index contributed by atoms with van der Waals surface area (Å²) < 4.78 is 0. The van der Waals surface area contributed by atoms with Gasteiger partial charge in [0.1, 0.15) is 5.82 Å². The van der Waals surface area contributed by atoms with E-state index in [0.717, 1.165) is 25.3 Å². The first-order valence-corrected chi connectivity index (χ1v) is 4.72. The van der Waals surface area contributed by atoms with Gasteiger partial charge < -0.3 is 10.6 Å². The van der Waals surface area contributed by atoms with Crippen LogP contribution in [0.2, 0.25) is 0 Å². The standard InChI is InChI=1S/C10H12N4.ClH/c11-6-8-1-4-13-10(5-8)14-9-2-3-12-7-9;/h1,4-5,9,12H,2-3,7H2,(H,13,14);1H/t9-;/m1./s1. The van der Waals surface area contributed by atoms with Crippen molar-refractivity contribution in [3.63, 3.8) is 0 Å². The van der Waals surface area contributed by atoms with E-state index in [1.165, 1.54) is 0 Å². The minimum absolute atomic E-state index is 0. The molecule has 1 aliphatic heterocycles. The molecule has 1 saturated heterocycles. The zero-order chi connectivity index (χ0) is 9.80. The van der Waals surface area contributed by atoms with E-state index in [-0.39, 0.29) is 12.4 Å². The molecule has 1 aliphatic rings. The molecular formula is C10H13ClN4. The molecule has 1 aromatic heterocycles. The van der Waals surface area contributed by atoms with Gasteiger partial charge in [-0.15, -0.1) is 12.4 Å². The third kappa shape index (κ3) is 3.08. The van der Waals surface area contributed by atoms with Crippen LogP contribution in [0.15, 0.2) is 18.3 Å². The Balaban J connectivity index is 0.00000112. The largest absolute Gasteiger partial charge is 0.366 e. The number of hydrogen-bond acceptors (Lipinski definition) is 4. The molecule has 0 radical (unpaired) electrons. The van der Waals surface area contributed by atoms with Crippen LogP contribution >= 0.6 is 12.4 Å². The number of pyridine rings is 1. The summed E-state index contributed by atoms with van der Waals surface area (Å²) in [7, 11) is 0. The van der Waals surface area contributed by atoms with E-state index in [1.807, 2.05) is 0 Å². The summed E-state index contributed by atoms with van der Waals surface area (Å²) in [5.74, 6) is 0.790. The molecule has 80 valence electrons. The van der Waals surface area contributed by atoms with Gasteiger partial charge in [0, 0.05) is 18.8 Å². The average Bonchev–Trinajstić information content (AvgIpc) is 2.71. The minimum atomic E-state index is 0. The number of nitrogens with one attached hydrogen (secondary N) is 2. The molecule has 1 atom stereocenters. The highest BCUT2D eigenvalue weighted by atomic mass is 35.5. The second kappa shape index (κ2) is 5.54. The molecule has 0 amide bonds. The fourth-order valence-electron chi connectivity index (χ4n) is 1.57. The van der Waals surface area contributed by atoms with E-state index in [2.05, 4.69) is 21.7 Å². The van der Waals surface area contributed by atoms with Gasteiger partial charge >= 0.3 is 0 Å². The van der Waals surface area contributed by atoms with Crippen LogP contribution < -0.4 is 10.6 Å². The summed E-state index contributed by atoms with van der Waals surface area (Å²) >= 11 is 0. The van der Waals surface area contributed by atoms with E-state index in [4.69, 9.17) is 5.26 Å². The third-order valence-electron chi connectivity index (χ3n) is 2.30. The van der Waals surface area contributed by atoms with Gasteiger partial charge in [0.05, 0.1) is 11.6 Å². The van der Waals surface area contributed by atoms with Gasteiger partial charge in [-0.3, -0.25) is 0 Å². The summed E-state index contributed by atoms with van der Waals surface area (Å²) in [6, 6.07) is 6.02. The van der Waals surface area contributed by atoms with E-state index in [0.29, 0.717) is 11.6 Å². The molecule has 4 nitrogen and oxygen atoms in total. The maximum atomic E-state index is 8.70. The van der Waals surface area contributed by atoms with Crippen LogP contribution in [0, 0.1) is 11.3 Å². The van der Waals surface area contributed by atoms with Crippen LogP contribution in [-0.2, 0) is 0 Å². The summed E-state index contributed by atoms with van der Waals surface area (Å²) in [5, 5.41) is 15.3. The van der Waals surface area contributed by atoms with Gasteiger partial charge in [0.2, 0.25) is 0 Å². The summed E-state index contributed by atoms with van der Waals surface area (Å²) in [6.07, 6.45) is 2.77. The van der Waals surface area contributed by atoms with Crippen LogP contribution in [0.25, 0.3) is 0 Å². The highest BCUT2D eigenvalue weighted by Crippen LogP contribution is 2.09. The molecule has 0 aromatic carbocycles. The lowest BCUT2D eigenvalue weighted by atomic mass is 10.2. The van der Waals surface area contributed by atoms with Crippen LogP contribution in [0.3, 0.4) is 0 Å². The van der Waals surface area contributed by atoms with Gasteiger partial charge in [-0.05, 0) is 25.1 Å². The summed E-state index contributed by atoms with van der Waals surface area (Å²) in [6.45, 7) is 2.02. The molecule has 2 heterocycles. The van der Waals surface area contributed by atoms with Crippen molar-refractivity contribution >= 4 is 18.2 Å². The fraction of sp³-hybridized carbons (Fsp3) is 0.400. The highest BCUT2D eigenvalue weighted by molar-refractivity contribution is 5.85. The van der Waals surface area contributed by atoms with Gasteiger partial charge in [-0.25, -0.2) is 4.98 Å². The van der Waals surface area contributed by atoms with E-state index >= 15 is 0 Å². The number of halogens is 1. The van der Waals surface area contributed by atoms with Crippen molar-refractivity contribution in [2.24, 2.45) is 0 Å². The van der Waals surface area contributed by atoms with Gasteiger partial charge in [0.25, 0.3) is 0 Å². The second-order valence-corrected chi connectivity index (χ2v) is 3.38. The monoisotopic (exact) mass is 224 g/mol. The molecule has 0 aliphatic carbocycles. The number of rotatable bonds is 2. The molecule has 5 heteroatoms. The van der Waals surface area contributed by atoms with Crippen molar-refractivity contribution in [3.05, 3.63) is 23.9 Å². The molecule has 1 aromatic rings. The number of aromatic nitrogens is 1. The average molecular weight is 225 g/mol. The molecule has 1 fully saturated rings. The van der Waals surface area contributed by atoms with Gasteiger partial charge in [-0.1, -0.05) is 0 Å². The maximum absolute atomic E-state index is 8.70. The van der Waals surface area contributed by atoms with Gasteiger partial charge in [0.15, 0.2) is 0 Å². The molecule has 2 rings (SSSR count). The SMILES string of the molecule is Cl.N#Cc1ccnc(N[C@@H]2CCNC2)c1. The summed E-state index contributed by atoms with van der Waals surface area (Å²) in [4.78, 5) is 4.16. The molecule has 2 N–H and O–H groups in total. The molecular weight excluding hydrogens is 212 g/mol. The topological polar surface area (TPSA) is 60.7 Å². The smallest absolute Gasteiger partial charge is 0.127 e. The van der Waals surface area contributed by atoms with E-state index in [1.54, 1.807) is 18.3 Å². The molecule has 0 saturated carbocycles. The van der Waals surface area contributed by atoms with Crippen molar-refractivity contribution < 1.29 is 0 Å². The van der Waals surface area contributed by atoms with Crippen molar-refractivity contribution in [1.29, 1.82) is 5.26 Å². The molecule has 0 unspecified atom stereocenters. The highest BCUT2D eigenvalue weighted by Gasteiger charge is 2.13. The van der Waals surface area contributed by atoms with Gasteiger partial charge in [-0.2, -0.15) is 5.26 Å². The Morgan fingerprint density at radius 3 is 3.13 bits per heavy atom. The zero-order valence-corrected chi connectivity index (χ0v) is 9.05. The van der Waals surface area contributed by atoms with Crippen molar-refractivity contribution in [2.75, 3.05) is 18.4 Å². The van der Waals surface area contributed by atoms with E-state index < -0.39 is 0 Å². The lowest BCUT2D eigenvalue weighted by molar-refractivity contribution is 0.788. The second-order valence-electron chi connectivity index (χ2n) is 3.38. The Kier molecular flexibility index (Phi) is 4.35. The maximum Gasteiger partial charge on any atom is 0.127 e. The number of anilines is 1. The first-order valence-electron chi connectivity index (χ1n) is 4.72. The molecule has 0 bridgehead atoms. The molecule has 15 heavy (non-hydrogen) atoms. The number of nitrogens with zero attached hydrogens (tertiary/aromatic N) is 2. The molecule has 0 spiro atoms. The van der Waals surface area contributed by atoms with Crippen LogP contribution in [0.5, 0.6) is 0 Å². The minimum Gasteiger partial charge on any atom is -0.366 e. The predicted octanol–water partition coefficient (Wildman–Crippen LogP) is 1.15. The lowest BCUT2D eigenvalue weighted by Crippen LogP contribution is -2.22. The Morgan fingerprint density at radius 1 is 1.60 bits per heavy atom. The zero-order valence-electron chi connectivity index (χ0n) is 8.23. The van der Waals surface area contributed by atoms with Crippen LogP contribution in [0.4, 0.5) is 5.82 Å². The summed E-state index contributed by atoms with van der Waals surface area (Å²) in [5.41, 5.74) is 0.647. The van der Waals surface area contributed by atoms with Crippen molar-refractivity contribution in [1.82, 2.24) is 10.3 Å². The van der Waals surface area contributed by atoms with E-state index in [9.17, 15) is 0 Å². The van der Waals surface area contributed by atoms with Crippen molar-refractivity contribution in [2.45, 2.75) is 12.5 Å². The van der Waals surface area contributed by atoms with Crippen LogP contribution in [0.1, 0.15) is 12.0 Å². The Hall–Kier alpha value is -1.31. The Labute approximate surface area is 95.1 Å². The van der Waals surface area contributed by atoms with Crippen LogP contribution in [-0.4, -0.2) is 24.1 Å². The fourth-order valence-corrected chi connectivity index (χ4v) is 1.57. The quantitative estimate of drug-likeness (QED) is 0.791. The third-order valence-corrected chi connectivity index (χ3v) is 2.30. The normalized spacial score (nSPS) is 19.0. The predicted molar refractivity (Wildman–Crippen MR) is 61.1 cm³/mol. The van der Waals surface area contributed by atoms with Crippen molar-refractivity contribution in [3.8, 4) is 6.07 Å². The Morgan fingerprint density at radius 2 is 2.47 bits per heavy atom.